The molecule has 20 heavy (non-hydrogen) atoms. The third-order valence-electron chi connectivity index (χ3n) is 2.61. The number of aliphatic imine (C=N–C) groups is 1. The van der Waals surface area contributed by atoms with Gasteiger partial charge in [-0.3, -0.25) is 9.98 Å². The van der Waals surface area contributed by atoms with Crippen LogP contribution in [0.3, 0.4) is 0 Å². The van der Waals surface area contributed by atoms with Gasteiger partial charge in [0.05, 0.1) is 5.69 Å². The van der Waals surface area contributed by atoms with Crippen LogP contribution >= 0.6 is 11.6 Å². The van der Waals surface area contributed by atoms with E-state index in [2.05, 4.69) is 32.2 Å². The first kappa shape index (κ1) is 14.4. The number of aromatic nitrogens is 3. The van der Waals surface area contributed by atoms with Crippen molar-refractivity contribution < 1.29 is 0 Å². The van der Waals surface area contributed by atoms with Gasteiger partial charge in [0.1, 0.15) is 5.69 Å². The van der Waals surface area contributed by atoms with Crippen LogP contribution in [0.5, 0.6) is 0 Å². The summed E-state index contributed by atoms with van der Waals surface area (Å²) in [4.78, 5) is 16.8. The van der Waals surface area contributed by atoms with Crippen molar-refractivity contribution in [2.24, 2.45) is 4.99 Å². The molecule has 0 fully saturated rings. The standard InChI is InChI=1S/C14H16ClN5/c1-3-4-7-17-12-10(2)18-14(15)20-13(12)19-11-5-8-16-9-6-11/h5-9H,3-4H2,1-2H3,(H,16,18,19,20)/b17-7-. The quantitative estimate of drug-likeness (QED) is 0.665. The van der Waals surface area contributed by atoms with Crippen molar-refractivity contribution in [1.29, 1.82) is 0 Å². The van der Waals surface area contributed by atoms with E-state index in [1.807, 2.05) is 25.3 Å². The van der Waals surface area contributed by atoms with Gasteiger partial charge < -0.3 is 5.32 Å². The Bertz CT molecular complexity index is 598. The molecule has 2 heterocycles. The number of rotatable bonds is 5. The summed E-state index contributed by atoms with van der Waals surface area (Å²) in [6.07, 6.45) is 7.24. The van der Waals surface area contributed by atoms with E-state index in [1.54, 1.807) is 12.4 Å². The molecule has 104 valence electrons. The van der Waals surface area contributed by atoms with E-state index in [-0.39, 0.29) is 5.28 Å². The van der Waals surface area contributed by atoms with E-state index in [0.29, 0.717) is 11.5 Å². The summed E-state index contributed by atoms with van der Waals surface area (Å²) in [5, 5.41) is 3.39. The Balaban J connectivity index is 2.34. The number of anilines is 2. The van der Waals surface area contributed by atoms with Crippen LogP contribution in [-0.4, -0.2) is 21.2 Å². The van der Waals surface area contributed by atoms with E-state index < -0.39 is 0 Å². The zero-order valence-electron chi connectivity index (χ0n) is 11.5. The zero-order valence-corrected chi connectivity index (χ0v) is 12.2. The van der Waals surface area contributed by atoms with Gasteiger partial charge in [0.25, 0.3) is 0 Å². The summed E-state index contributed by atoms with van der Waals surface area (Å²) >= 11 is 5.92. The van der Waals surface area contributed by atoms with Crippen LogP contribution in [0.2, 0.25) is 5.28 Å². The molecule has 0 saturated heterocycles. The van der Waals surface area contributed by atoms with Crippen molar-refractivity contribution in [3.05, 3.63) is 35.5 Å². The number of hydrogen-bond acceptors (Lipinski definition) is 5. The molecule has 0 atom stereocenters. The molecule has 0 aliphatic carbocycles. The Morgan fingerprint density at radius 2 is 2.05 bits per heavy atom. The second-order valence-corrected chi connectivity index (χ2v) is 4.57. The number of unbranched alkanes of at least 4 members (excludes halogenated alkanes) is 1. The zero-order chi connectivity index (χ0) is 14.4. The average Bonchev–Trinajstić information content (AvgIpc) is 2.43. The Morgan fingerprint density at radius 3 is 2.75 bits per heavy atom. The highest BCUT2D eigenvalue weighted by Gasteiger charge is 2.10. The van der Waals surface area contributed by atoms with Crippen LogP contribution < -0.4 is 5.32 Å². The molecule has 1 N–H and O–H groups in total. The van der Waals surface area contributed by atoms with E-state index >= 15 is 0 Å². The summed E-state index contributed by atoms with van der Waals surface area (Å²) in [7, 11) is 0. The summed E-state index contributed by atoms with van der Waals surface area (Å²) in [5.74, 6) is 0.598. The second-order valence-electron chi connectivity index (χ2n) is 4.24. The lowest BCUT2D eigenvalue weighted by Crippen LogP contribution is -1.98. The molecule has 0 aliphatic heterocycles. The number of hydrogen-bond donors (Lipinski definition) is 1. The molecular formula is C14H16ClN5. The third-order valence-corrected chi connectivity index (χ3v) is 2.78. The van der Waals surface area contributed by atoms with Crippen molar-refractivity contribution in [2.45, 2.75) is 26.7 Å². The molecule has 2 aromatic rings. The molecule has 0 aliphatic rings. The fourth-order valence-corrected chi connectivity index (χ4v) is 1.84. The molecule has 2 aromatic heterocycles. The highest BCUT2D eigenvalue weighted by atomic mass is 35.5. The van der Waals surface area contributed by atoms with Crippen LogP contribution in [0.4, 0.5) is 17.2 Å². The predicted molar refractivity (Wildman–Crippen MR) is 82.4 cm³/mol. The number of halogens is 1. The lowest BCUT2D eigenvalue weighted by Gasteiger charge is -2.10. The maximum atomic E-state index is 5.92. The first-order valence-corrected chi connectivity index (χ1v) is 6.82. The number of nitrogens with zero attached hydrogens (tertiary/aromatic N) is 4. The molecule has 6 heteroatoms. The largest absolute Gasteiger partial charge is 0.338 e. The lowest BCUT2D eigenvalue weighted by molar-refractivity contribution is 1.01. The number of aryl methyl sites for hydroxylation is 1. The molecular weight excluding hydrogens is 274 g/mol. The van der Waals surface area contributed by atoms with Gasteiger partial charge in [-0.25, -0.2) is 4.98 Å². The minimum Gasteiger partial charge on any atom is -0.338 e. The molecule has 2 rings (SSSR count). The van der Waals surface area contributed by atoms with Gasteiger partial charge in [0.2, 0.25) is 5.28 Å². The van der Waals surface area contributed by atoms with Crippen molar-refractivity contribution in [3.63, 3.8) is 0 Å². The van der Waals surface area contributed by atoms with E-state index in [4.69, 9.17) is 11.6 Å². The first-order valence-electron chi connectivity index (χ1n) is 6.44. The minimum absolute atomic E-state index is 0.202. The lowest BCUT2D eigenvalue weighted by atomic mass is 10.3. The van der Waals surface area contributed by atoms with Crippen LogP contribution in [0, 0.1) is 6.92 Å². The van der Waals surface area contributed by atoms with Gasteiger partial charge in [0.15, 0.2) is 5.82 Å². The van der Waals surface area contributed by atoms with Crippen molar-refractivity contribution in [2.75, 3.05) is 5.32 Å². The van der Waals surface area contributed by atoms with Gasteiger partial charge in [0, 0.05) is 24.3 Å². The molecule has 0 saturated carbocycles. The van der Waals surface area contributed by atoms with Gasteiger partial charge in [-0.15, -0.1) is 0 Å². The molecule has 0 aromatic carbocycles. The number of pyridine rings is 1. The highest BCUT2D eigenvalue weighted by molar-refractivity contribution is 6.28. The van der Waals surface area contributed by atoms with E-state index in [9.17, 15) is 0 Å². The Kier molecular flexibility index (Phi) is 5.01. The summed E-state index contributed by atoms with van der Waals surface area (Å²) in [5.41, 5.74) is 2.33. The van der Waals surface area contributed by atoms with Gasteiger partial charge in [-0.05, 0) is 37.1 Å². The van der Waals surface area contributed by atoms with E-state index in [1.165, 1.54) is 0 Å². The topological polar surface area (TPSA) is 63.1 Å². The van der Waals surface area contributed by atoms with E-state index in [0.717, 1.165) is 24.2 Å². The maximum absolute atomic E-state index is 5.92. The molecule has 0 radical (unpaired) electrons. The molecule has 0 spiro atoms. The monoisotopic (exact) mass is 289 g/mol. The Hall–Kier alpha value is -2.01. The first-order chi connectivity index (χ1) is 9.70. The summed E-state index contributed by atoms with van der Waals surface area (Å²) in [6, 6.07) is 3.70. The average molecular weight is 290 g/mol. The molecule has 0 bridgehead atoms. The SMILES string of the molecule is CCC/C=N\c1c(C)nc(Cl)nc1Nc1ccncc1. The fourth-order valence-electron chi connectivity index (χ4n) is 1.63. The van der Waals surface area contributed by atoms with Crippen LogP contribution in [0.1, 0.15) is 25.5 Å². The molecule has 0 amide bonds. The maximum Gasteiger partial charge on any atom is 0.224 e. The predicted octanol–water partition coefficient (Wildman–Crippen LogP) is 4.08. The second kappa shape index (κ2) is 6.96. The van der Waals surface area contributed by atoms with Gasteiger partial charge in [-0.1, -0.05) is 13.3 Å². The van der Waals surface area contributed by atoms with Crippen molar-refractivity contribution in [3.8, 4) is 0 Å². The summed E-state index contributed by atoms with van der Waals surface area (Å²) in [6.45, 7) is 3.97. The van der Waals surface area contributed by atoms with Crippen LogP contribution in [0.25, 0.3) is 0 Å². The molecule has 5 nitrogen and oxygen atoms in total. The van der Waals surface area contributed by atoms with Gasteiger partial charge in [-0.2, -0.15) is 4.98 Å². The van der Waals surface area contributed by atoms with Gasteiger partial charge >= 0.3 is 0 Å². The van der Waals surface area contributed by atoms with Crippen LogP contribution in [-0.2, 0) is 0 Å². The summed E-state index contributed by atoms with van der Waals surface area (Å²) < 4.78 is 0. The number of nitrogens with one attached hydrogen (secondary N) is 1. The fraction of sp³-hybridized carbons (Fsp3) is 0.286. The van der Waals surface area contributed by atoms with Crippen molar-refractivity contribution >= 4 is 35.0 Å². The smallest absolute Gasteiger partial charge is 0.224 e. The highest BCUT2D eigenvalue weighted by Crippen LogP contribution is 2.29. The van der Waals surface area contributed by atoms with Crippen LogP contribution in [0.15, 0.2) is 29.5 Å². The van der Waals surface area contributed by atoms with Crippen molar-refractivity contribution in [1.82, 2.24) is 15.0 Å². The molecule has 0 unspecified atom stereocenters. The Morgan fingerprint density at radius 1 is 1.30 bits per heavy atom. The Labute approximate surface area is 123 Å². The minimum atomic E-state index is 0.202. The third kappa shape index (κ3) is 3.74. The normalized spacial score (nSPS) is 10.9.